The quantitative estimate of drug-likeness (QED) is 0.862. The van der Waals surface area contributed by atoms with Gasteiger partial charge in [0.2, 0.25) is 5.95 Å². The standard InChI is InChI=1S/C14H22N4/c1-2-11-4-5-12-10-16-14(17-13(11)12)18-8-3-6-15-7-9-18/h10-11,15H,2-9H2,1H3. The molecule has 1 saturated heterocycles. The van der Waals surface area contributed by atoms with Gasteiger partial charge in [0.25, 0.3) is 0 Å². The number of hydrogen-bond donors (Lipinski definition) is 1. The van der Waals surface area contributed by atoms with Crippen LogP contribution in [0.25, 0.3) is 0 Å². The van der Waals surface area contributed by atoms with Crippen LogP contribution in [0.3, 0.4) is 0 Å². The van der Waals surface area contributed by atoms with Crippen LogP contribution in [-0.2, 0) is 6.42 Å². The Balaban J connectivity index is 1.84. The first-order valence-electron chi connectivity index (χ1n) is 7.20. The first-order chi connectivity index (χ1) is 8.88. The van der Waals surface area contributed by atoms with Crippen LogP contribution in [0.1, 0.15) is 43.4 Å². The van der Waals surface area contributed by atoms with Crippen LogP contribution >= 0.6 is 0 Å². The van der Waals surface area contributed by atoms with E-state index in [1.165, 1.54) is 30.5 Å². The monoisotopic (exact) mass is 246 g/mol. The molecule has 0 radical (unpaired) electrons. The minimum absolute atomic E-state index is 0.659. The molecular weight excluding hydrogens is 224 g/mol. The lowest BCUT2D eigenvalue weighted by Crippen LogP contribution is -2.29. The summed E-state index contributed by atoms with van der Waals surface area (Å²) in [5.74, 6) is 1.60. The predicted octanol–water partition coefficient (Wildman–Crippen LogP) is 1.72. The number of aryl methyl sites for hydroxylation is 1. The average molecular weight is 246 g/mol. The molecule has 1 N–H and O–H groups in total. The van der Waals surface area contributed by atoms with Gasteiger partial charge in [-0.1, -0.05) is 6.92 Å². The summed E-state index contributed by atoms with van der Waals surface area (Å²) in [6.07, 6.45) is 6.86. The molecule has 0 bridgehead atoms. The van der Waals surface area contributed by atoms with Crippen molar-refractivity contribution in [3.63, 3.8) is 0 Å². The molecule has 98 valence electrons. The summed E-state index contributed by atoms with van der Waals surface area (Å²) in [6.45, 7) is 6.51. The molecule has 1 aliphatic heterocycles. The van der Waals surface area contributed by atoms with E-state index in [1.54, 1.807) is 0 Å². The molecule has 1 unspecified atom stereocenters. The molecule has 4 heteroatoms. The van der Waals surface area contributed by atoms with Crippen molar-refractivity contribution in [3.8, 4) is 0 Å². The first-order valence-corrected chi connectivity index (χ1v) is 7.20. The Morgan fingerprint density at radius 3 is 3.22 bits per heavy atom. The minimum atomic E-state index is 0.659. The van der Waals surface area contributed by atoms with Crippen LogP contribution in [0.4, 0.5) is 5.95 Å². The summed E-state index contributed by atoms with van der Waals surface area (Å²) < 4.78 is 0. The van der Waals surface area contributed by atoms with E-state index in [0.717, 1.165) is 38.5 Å². The highest BCUT2D eigenvalue weighted by Crippen LogP contribution is 2.34. The van der Waals surface area contributed by atoms with Gasteiger partial charge in [0.05, 0.1) is 5.69 Å². The fraction of sp³-hybridized carbons (Fsp3) is 0.714. The normalized spacial score (nSPS) is 23.8. The first kappa shape index (κ1) is 11.9. The van der Waals surface area contributed by atoms with Gasteiger partial charge in [0.15, 0.2) is 0 Å². The van der Waals surface area contributed by atoms with E-state index < -0.39 is 0 Å². The van der Waals surface area contributed by atoms with Crippen molar-refractivity contribution in [2.45, 2.75) is 38.5 Å². The lowest BCUT2D eigenvalue weighted by molar-refractivity contribution is 0.640. The second-order valence-electron chi connectivity index (χ2n) is 5.31. The summed E-state index contributed by atoms with van der Waals surface area (Å²) in [7, 11) is 0. The maximum atomic E-state index is 4.86. The maximum Gasteiger partial charge on any atom is 0.225 e. The Morgan fingerprint density at radius 1 is 1.39 bits per heavy atom. The van der Waals surface area contributed by atoms with E-state index in [9.17, 15) is 0 Å². The van der Waals surface area contributed by atoms with Gasteiger partial charge in [-0.15, -0.1) is 0 Å². The molecule has 0 spiro atoms. The van der Waals surface area contributed by atoms with E-state index in [0.29, 0.717) is 5.92 Å². The molecule has 1 fully saturated rings. The largest absolute Gasteiger partial charge is 0.339 e. The van der Waals surface area contributed by atoms with Crippen molar-refractivity contribution in [3.05, 3.63) is 17.5 Å². The van der Waals surface area contributed by atoms with E-state index in [1.807, 2.05) is 0 Å². The van der Waals surface area contributed by atoms with Crippen molar-refractivity contribution in [2.75, 3.05) is 31.1 Å². The van der Waals surface area contributed by atoms with Crippen LogP contribution < -0.4 is 10.2 Å². The molecule has 3 rings (SSSR count). The second-order valence-corrected chi connectivity index (χ2v) is 5.31. The van der Waals surface area contributed by atoms with Crippen LogP contribution in [0.15, 0.2) is 6.20 Å². The van der Waals surface area contributed by atoms with E-state index >= 15 is 0 Å². The summed E-state index contributed by atoms with van der Waals surface area (Å²) in [4.78, 5) is 11.8. The van der Waals surface area contributed by atoms with E-state index in [2.05, 4.69) is 28.3 Å². The van der Waals surface area contributed by atoms with Crippen molar-refractivity contribution in [2.24, 2.45) is 0 Å². The van der Waals surface area contributed by atoms with Gasteiger partial charge in [-0.25, -0.2) is 9.97 Å². The SMILES string of the molecule is CCC1CCc2cnc(N3CCCNCC3)nc21. The van der Waals surface area contributed by atoms with Crippen LogP contribution in [0.5, 0.6) is 0 Å². The number of aromatic nitrogens is 2. The summed E-state index contributed by atoms with van der Waals surface area (Å²) in [5.41, 5.74) is 2.69. The number of fused-ring (bicyclic) bond motifs is 1. The molecular formula is C14H22N4. The number of anilines is 1. The topological polar surface area (TPSA) is 41.1 Å². The molecule has 0 aromatic carbocycles. The fourth-order valence-corrected chi connectivity index (χ4v) is 3.02. The third-order valence-electron chi connectivity index (χ3n) is 4.15. The molecule has 1 aromatic rings. The molecule has 4 nitrogen and oxygen atoms in total. The molecule has 0 amide bonds. The van der Waals surface area contributed by atoms with Gasteiger partial charge >= 0.3 is 0 Å². The highest BCUT2D eigenvalue weighted by molar-refractivity contribution is 5.37. The van der Waals surface area contributed by atoms with Crippen LogP contribution in [0, 0.1) is 0 Å². The summed E-state index contributed by atoms with van der Waals surface area (Å²) in [5, 5.41) is 3.42. The number of nitrogens with one attached hydrogen (secondary N) is 1. The van der Waals surface area contributed by atoms with Gasteiger partial charge < -0.3 is 10.2 Å². The van der Waals surface area contributed by atoms with Gasteiger partial charge in [-0.3, -0.25) is 0 Å². The summed E-state index contributed by atoms with van der Waals surface area (Å²) >= 11 is 0. The van der Waals surface area contributed by atoms with Crippen LogP contribution in [0.2, 0.25) is 0 Å². The molecule has 1 atom stereocenters. The van der Waals surface area contributed by atoms with Gasteiger partial charge in [0.1, 0.15) is 0 Å². The third kappa shape index (κ3) is 2.21. The Morgan fingerprint density at radius 2 is 2.33 bits per heavy atom. The molecule has 2 aliphatic rings. The number of nitrogens with zero attached hydrogens (tertiary/aromatic N) is 3. The predicted molar refractivity (Wildman–Crippen MR) is 73.1 cm³/mol. The zero-order valence-electron chi connectivity index (χ0n) is 11.2. The maximum absolute atomic E-state index is 4.86. The Kier molecular flexibility index (Phi) is 3.46. The van der Waals surface area contributed by atoms with Gasteiger partial charge in [0, 0.05) is 31.7 Å². The molecule has 1 aromatic heterocycles. The third-order valence-corrected chi connectivity index (χ3v) is 4.15. The van der Waals surface area contributed by atoms with Crippen molar-refractivity contribution >= 4 is 5.95 Å². The number of rotatable bonds is 2. The van der Waals surface area contributed by atoms with Crippen molar-refractivity contribution in [1.82, 2.24) is 15.3 Å². The Bertz CT molecular complexity index is 410. The fourth-order valence-electron chi connectivity index (χ4n) is 3.02. The van der Waals surface area contributed by atoms with Gasteiger partial charge in [-0.05, 0) is 37.8 Å². The molecule has 2 heterocycles. The highest BCUT2D eigenvalue weighted by Gasteiger charge is 2.24. The smallest absolute Gasteiger partial charge is 0.225 e. The number of hydrogen-bond acceptors (Lipinski definition) is 4. The van der Waals surface area contributed by atoms with E-state index in [-0.39, 0.29) is 0 Å². The Hall–Kier alpha value is -1.16. The van der Waals surface area contributed by atoms with E-state index in [4.69, 9.17) is 4.98 Å². The second kappa shape index (κ2) is 5.22. The lowest BCUT2D eigenvalue weighted by atomic mass is 10.0. The van der Waals surface area contributed by atoms with Crippen molar-refractivity contribution < 1.29 is 0 Å². The average Bonchev–Trinajstić information content (AvgIpc) is 2.62. The van der Waals surface area contributed by atoms with Crippen LogP contribution in [-0.4, -0.2) is 36.1 Å². The molecule has 1 aliphatic carbocycles. The zero-order chi connectivity index (χ0) is 12.4. The molecule has 18 heavy (non-hydrogen) atoms. The Labute approximate surface area is 109 Å². The molecule has 0 saturated carbocycles. The zero-order valence-corrected chi connectivity index (χ0v) is 11.2. The highest BCUT2D eigenvalue weighted by atomic mass is 15.3. The lowest BCUT2D eigenvalue weighted by Gasteiger charge is -2.20. The van der Waals surface area contributed by atoms with Crippen molar-refractivity contribution in [1.29, 1.82) is 0 Å². The summed E-state index contributed by atoms with van der Waals surface area (Å²) in [6, 6.07) is 0. The van der Waals surface area contributed by atoms with Gasteiger partial charge in [-0.2, -0.15) is 0 Å². The minimum Gasteiger partial charge on any atom is -0.339 e.